The monoisotopic (exact) mass is 478 g/mol. The van der Waals surface area contributed by atoms with Crippen molar-refractivity contribution < 1.29 is 0 Å². The third kappa shape index (κ3) is 3.48. The van der Waals surface area contributed by atoms with Crippen molar-refractivity contribution in [3.8, 4) is 11.4 Å². The molecule has 0 N–H and O–H groups in total. The summed E-state index contributed by atoms with van der Waals surface area (Å²) in [5, 5.41) is 5.18. The minimum absolute atomic E-state index is 0.624. The van der Waals surface area contributed by atoms with Crippen LogP contribution in [0.1, 0.15) is 25.8 Å². The van der Waals surface area contributed by atoms with E-state index in [2.05, 4.69) is 138 Å². The highest BCUT2D eigenvalue weighted by atomic mass is 15.0. The van der Waals surface area contributed by atoms with E-state index in [9.17, 15) is 0 Å². The van der Waals surface area contributed by atoms with Crippen molar-refractivity contribution in [2.24, 2.45) is 5.92 Å². The highest BCUT2D eigenvalue weighted by Gasteiger charge is 2.17. The quantitative estimate of drug-likeness (QED) is 0.233. The van der Waals surface area contributed by atoms with E-state index in [1.807, 2.05) is 0 Å². The Kier molecular flexibility index (Phi) is 5.14. The van der Waals surface area contributed by atoms with E-state index in [4.69, 9.17) is 0 Å². The Hall–Kier alpha value is -4.30. The van der Waals surface area contributed by atoms with Gasteiger partial charge < -0.3 is 9.13 Å². The van der Waals surface area contributed by atoms with Crippen LogP contribution in [0.3, 0.4) is 0 Å². The Morgan fingerprint density at radius 1 is 0.514 bits per heavy atom. The van der Waals surface area contributed by atoms with Gasteiger partial charge in [0.1, 0.15) is 0 Å². The lowest BCUT2D eigenvalue weighted by molar-refractivity contribution is 0.560. The SMILES string of the molecule is CCC(C)Cc1cc(-n2c3ccccc3c3ccccc32)cc(-n2c3ccccc3c3ccccc32)c1. The zero-order chi connectivity index (χ0) is 24.9. The van der Waals surface area contributed by atoms with Crippen molar-refractivity contribution in [3.63, 3.8) is 0 Å². The fourth-order valence-electron chi connectivity index (χ4n) is 5.98. The lowest BCUT2D eigenvalue weighted by Crippen LogP contribution is -2.04. The number of fused-ring (bicyclic) bond motifs is 6. The highest BCUT2D eigenvalue weighted by molar-refractivity contribution is 6.10. The van der Waals surface area contributed by atoms with Crippen LogP contribution in [0.25, 0.3) is 55.0 Å². The smallest absolute Gasteiger partial charge is 0.0541 e. The number of benzene rings is 5. The number of hydrogen-bond donors (Lipinski definition) is 0. The predicted octanol–water partition coefficient (Wildman–Crippen LogP) is 9.47. The molecule has 0 fully saturated rings. The van der Waals surface area contributed by atoms with Gasteiger partial charge in [0.25, 0.3) is 0 Å². The standard InChI is InChI=1S/C35H30N2/c1-3-24(2)20-25-21-26(36-32-16-8-4-12-28(32)29-13-5-9-17-33(29)36)23-27(22-25)37-34-18-10-6-14-30(34)31-15-7-11-19-35(31)37/h4-19,21-24H,3,20H2,1-2H3. The third-order valence-electron chi connectivity index (χ3n) is 7.92. The van der Waals surface area contributed by atoms with E-state index in [0.717, 1.165) is 6.42 Å². The summed E-state index contributed by atoms with van der Waals surface area (Å²) in [6.45, 7) is 4.64. The van der Waals surface area contributed by atoms with Crippen molar-refractivity contribution >= 4 is 43.6 Å². The molecule has 0 saturated carbocycles. The second-order valence-corrected chi connectivity index (χ2v) is 10.3. The van der Waals surface area contributed by atoms with Crippen molar-refractivity contribution in [2.45, 2.75) is 26.7 Å². The van der Waals surface area contributed by atoms with Crippen molar-refractivity contribution in [2.75, 3.05) is 0 Å². The maximum atomic E-state index is 2.45. The van der Waals surface area contributed by atoms with Crippen molar-refractivity contribution in [3.05, 3.63) is 121 Å². The van der Waals surface area contributed by atoms with Crippen molar-refractivity contribution in [1.29, 1.82) is 0 Å². The normalized spacial score (nSPS) is 12.7. The van der Waals surface area contributed by atoms with Crippen LogP contribution < -0.4 is 0 Å². The fourth-order valence-corrected chi connectivity index (χ4v) is 5.98. The first-order chi connectivity index (χ1) is 18.2. The third-order valence-corrected chi connectivity index (χ3v) is 7.92. The molecule has 0 aliphatic carbocycles. The summed E-state index contributed by atoms with van der Waals surface area (Å²) < 4.78 is 4.89. The molecule has 37 heavy (non-hydrogen) atoms. The van der Waals surface area contributed by atoms with E-state index in [0.29, 0.717) is 5.92 Å². The van der Waals surface area contributed by atoms with Gasteiger partial charge >= 0.3 is 0 Å². The van der Waals surface area contributed by atoms with Crippen LogP contribution in [0.4, 0.5) is 0 Å². The van der Waals surface area contributed by atoms with Gasteiger partial charge in [-0.05, 0) is 60.4 Å². The Labute approximate surface area is 217 Å². The van der Waals surface area contributed by atoms with E-state index in [-0.39, 0.29) is 0 Å². The zero-order valence-corrected chi connectivity index (χ0v) is 21.4. The van der Waals surface area contributed by atoms with Crippen LogP contribution >= 0.6 is 0 Å². The van der Waals surface area contributed by atoms with Crippen LogP contribution in [-0.4, -0.2) is 9.13 Å². The van der Waals surface area contributed by atoms with Crippen LogP contribution in [0.15, 0.2) is 115 Å². The predicted molar refractivity (Wildman–Crippen MR) is 158 cm³/mol. The molecule has 2 heterocycles. The summed E-state index contributed by atoms with van der Waals surface area (Å²) in [4.78, 5) is 0. The molecule has 2 heteroatoms. The molecule has 1 atom stereocenters. The van der Waals surface area contributed by atoms with Gasteiger partial charge in [-0.25, -0.2) is 0 Å². The topological polar surface area (TPSA) is 9.86 Å². The first-order valence-corrected chi connectivity index (χ1v) is 13.3. The molecule has 2 nitrogen and oxygen atoms in total. The van der Waals surface area contributed by atoms with Gasteiger partial charge in [0.2, 0.25) is 0 Å². The molecule has 0 spiro atoms. The lowest BCUT2D eigenvalue weighted by atomic mass is 9.98. The van der Waals surface area contributed by atoms with Gasteiger partial charge in [0, 0.05) is 32.9 Å². The molecule has 7 rings (SSSR count). The molecular formula is C35H30N2. The zero-order valence-electron chi connectivity index (χ0n) is 21.4. The number of para-hydroxylation sites is 4. The van der Waals surface area contributed by atoms with Gasteiger partial charge in [0.05, 0.1) is 22.1 Å². The molecule has 0 saturated heterocycles. The Morgan fingerprint density at radius 2 is 0.865 bits per heavy atom. The number of rotatable bonds is 5. The van der Waals surface area contributed by atoms with Crippen molar-refractivity contribution in [1.82, 2.24) is 9.13 Å². The molecular weight excluding hydrogens is 448 g/mol. The van der Waals surface area contributed by atoms with Crippen LogP contribution in [-0.2, 0) is 6.42 Å². The molecule has 2 aromatic heterocycles. The molecule has 0 bridgehead atoms. The minimum Gasteiger partial charge on any atom is -0.309 e. The first kappa shape index (κ1) is 21.9. The van der Waals surface area contributed by atoms with Gasteiger partial charge in [-0.15, -0.1) is 0 Å². The highest BCUT2D eigenvalue weighted by Crippen LogP contribution is 2.36. The lowest BCUT2D eigenvalue weighted by Gasteiger charge is -2.17. The van der Waals surface area contributed by atoms with Gasteiger partial charge in [-0.2, -0.15) is 0 Å². The molecule has 7 aromatic rings. The molecule has 0 aliphatic rings. The molecule has 5 aromatic carbocycles. The van der Waals surface area contributed by atoms with E-state index in [1.165, 1.54) is 67.0 Å². The summed E-state index contributed by atoms with van der Waals surface area (Å²) in [5.74, 6) is 0.624. The maximum absolute atomic E-state index is 2.45. The summed E-state index contributed by atoms with van der Waals surface area (Å²) in [7, 11) is 0. The van der Waals surface area contributed by atoms with Gasteiger partial charge in [-0.1, -0.05) is 93.1 Å². The van der Waals surface area contributed by atoms with E-state index < -0.39 is 0 Å². The van der Waals surface area contributed by atoms with Crippen LogP contribution in [0, 0.1) is 5.92 Å². The minimum atomic E-state index is 0.624. The molecule has 0 aliphatic heterocycles. The van der Waals surface area contributed by atoms with Crippen LogP contribution in [0.2, 0.25) is 0 Å². The first-order valence-electron chi connectivity index (χ1n) is 13.3. The maximum Gasteiger partial charge on any atom is 0.0541 e. The average molecular weight is 479 g/mol. The summed E-state index contributed by atoms with van der Waals surface area (Å²) in [6, 6.07) is 42.3. The molecule has 0 radical (unpaired) electrons. The summed E-state index contributed by atoms with van der Waals surface area (Å²) in [5.41, 5.74) is 8.81. The second kappa shape index (κ2) is 8.67. The number of hydrogen-bond acceptors (Lipinski definition) is 0. The van der Waals surface area contributed by atoms with Gasteiger partial charge in [-0.3, -0.25) is 0 Å². The second-order valence-electron chi connectivity index (χ2n) is 10.3. The Balaban J connectivity index is 1.57. The Bertz CT molecular complexity index is 1680. The van der Waals surface area contributed by atoms with E-state index in [1.54, 1.807) is 0 Å². The summed E-state index contributed by atoms with van der Waals surface area (Å²) in [6.07, 6.45) is 2.23. The fraction of sp³-hybridized carbons (Fsp3) is 0.143. The molecule has 180 valence electrons. The van der Waals surface area contributed by atoms with Gasteiger partial charge in [0.15, 0.2) is 0 Å². The summed E-state index contributed by atoms with van der Waals surface area (Å²) >= 11 is 0. The van der Waals surface area contributed by atoms with E-state index >= 15 is 0 Å². The largest absolute Gasteiger partial charge is 0.309 e. The molecule has 0 amide bonds. The molecule has 1 unspecified atom stereocenters. The number of aromatic nitrogens is 2. The Morgan fingerprint density at radius 3 is 1.22 bits per heavy atom. The number of nitrogens with zero attached hydrogens (tertiary/aromatic N) is 2. The average Bonchev–Trinajstić information content (AvgIpc) is 3.46. The van der Waals surface area contributed by atoms with Crippen LogP contribution in [0.5, 0.6) is 0 Å².